The van der Waals surface area contributed by atoms with Crippen molar-refractivity contribution >= 4 is 24.4 Å². The highest BCUT2D eigenvalue weighted by molar-refractivity contribution is 7.82. The van der Waals surface area contributed by atoms with E-state index in [0.717, 1.165) is 0 Å². The van der Waals surface area contributed by atoms with Crippen molar-refractivity contribution < 1.29 is 14.7 Å². The Bertz CT molecular complexity index is 273. The fourth-order valence-electron chi connectivity index (χ4n) is 1.99. The lowest BCUT2D eigenvalue weighted by atomic mass is 9.76. The number of Topliss-reactive ketones (excluding diaryl/α,β-unsaturated/α-hetero) is 1. The third-order valence-corrected chi connectivity index (χ3v) is 4.12. The predicted octanol–water partition coefficient (Wildman–Crippen LogP) is 2.65. The van der Waals surface area contributed by atoms with Gasteiger partial charge in [-0.05, 0) is 25.2 Å². The Morgan fingerprint density at radius 1 is 1.25 bits per heavy atom. The average Bonchev–Trinajstić information content (AvgIpc) is 2.11. The van der Waals surface area contributed by atoms with E-state index in [1.54, 1.807) is 0 Å². The van der Waals surface area contributed by atoms with E-state index in [1.807, 2.05) is 27.7 Å². The Kier molecular flexibility index (Phi) is 5.53. The maximum absolute atomic E-state index is 11.7. The molecule has 4 heteroatoms. The zero-order valence-corrected chi connectivity index (χ0v) is 11.5. The van der Waals surface area contributed by atoms with Gasteiger partial charge in [-0.15, -0.1) is 0 Å². The molecule has 0 radical (unpaired) electrons. The zero-order valence-electron chi connectivity index (χ0n) is 10.7. The predicted molar refractivity (Wildman–Crippen MR) is 67.8 cm³/mol. The molecule has 94 valence electrons. The number of carbonyl (C=O) groups excluding carboxylic acids is 1. The standard InChI is InChI=1S/C12H22O3S/c1-7(2)6-10(11(14)15)12(16,8(3)4)9(5)13/h7-8,10,16H,6H2,1-5H3,(H,14,15)/t10?,12-/m1/s1. The van der Waals surface area contributed by atoms with Crippen LogP contribution < -0.4 is 0 Å². The monoisotopic (exact) mass is 246 g/mol. The number of hydrogen-bond acceptors (Lipinski definition) is 3. The lowest BCUT2D eigenvalue weighted by molar-refractivity contribution is -0.146. The first-order valence-electron chi connectivity index (χ1n) is 5.60. The van der Waals surface area contributed by atoms with Crippen LogP contribution in [0.5, 0.6) is 0 Å². The van der Waals surface area contributed by atoms with E-state index in [4.69, 9.17) is 0 Å². The maximum atomic E-state index is 11.7. The van der Waals surface area contributed by atoms with E-state index in [1.165, 1.54) is 6.92 Å². The number of carboxylic acid groups (broad SMARTS) is 1. The van der Waals surface area contributed by atoms with Crippen molar-refractivity contribution in [3.05, 3.63) is 0 Å². The van der Waals surface area contributed by atoms with Crippen molar-refractivity contribution in [2.24, 2.45) is 17.8 Å². The first-order chi connectivity index (χ1) is 7.13. The summed E-state index contributed by atoms with van der Waals surface area (Å²) in [5, 5.41) is 9.25. The highest BCUT2D eigenvalue weighted by Gasteiger charge is 2.46. The molecule has 0 spiro atoms. The lowest BCUT2D eigenvalue weighted by Crippen LogP contribution is -2.48. The lowest BCUT2D eigenvalue weighted by Gasteiger charge is -2.36. The number of carboxylic acids is 1. The molecule has 0 bridgehead atoms. The summed E-state index contributed by atoms with van der Waals surface area (Å²) in [5.41, 5.74) is 0. The maximum Gasteiger partial charge on any atom is 0.308 e. The summed E-state index contributed by atoms with van der Waals surface area (Å²) in [4.78, 5) is 23.0. The Labute approximate surface area is 103 Å². The van der Waals surface area contributed by atoms with Crippen LogP contribution in [0.15, 0.2) is 0 Å². The van der Waals surface area contributed by atoms with Crippen molar-refractivity contribution in [1.82, 2.24) is 0 Å². The van der Waals surface area contributed by atoms with Crippen molar-refractivity contribution in [3.8, 4) is 0 Å². The Hall–Kier alpha value is -0.510. The van der Waals surface area contributed by atoms with Crippen LogP contribution >= 0.6 is 12.6 Å². The van der Waals surface area contributed by atoms with Crippen LogP contribution in [0.3, 0.4) is 0 Å². The molecule has 0 rings (SSSR count). The summed E-state index contributed by atoms with van der Waals surface area (Å²) in [5.74, 6) is -1.71. The normalized spacial score (nSPS) is 17.2. The molecule has 0 amide bonds. The second-order valence-corrected chi connectivity index (χ2v) is 5.80. The molecule has 16 heavy (non-hydrogen) atoms. The molecule has 0 aliphatic rings. The van der Waals surface area contributed by atoms with Crippen LogP contribution in [0, 0.1) is 17.8 Å². The van der Waals surface area contributed by atoms with Gasteiger partial charge < -0.3 is 5.11 Å². The molecule has 0 aliphatic carbocycles. The zero-order chi connectivity index (χ0) is 13.1. The van der Waals surface area contributed by atoms with Gasteiger partial charge in [-0.25, -0.2) is 0 Å². The topological polar surface area (TPSA) is 54.4 Å². The molecule has 1 unspecified atom stereocenters. The van der Waals surface area contributed by atoms with Crippen molar-refractivity contribution in [1.29, 1.82) is 0 Å². The molecule has 0 saturated heterocycles. The van der Waals surface area contributed by atoms with Crippen LogP contribution in [0.1, 0.15) is 41.0 Å². The minimum atomic E-state index is -1.07. The van der Waals surface area contributed by atoms with Crippen LogP contribution in [-0.4, -0.2) is 21.6 Å². The fourth-order valence-corrected chi connectivity index (χ4v) is 2.21. The third kappa shape index (κ3) is 3.24. The largest absolute Gasteiger partial charge is 0.481 e. The summed E-state index contributed by atoms with van der Waals surface area (Å²) < 4.78 is -1.07. The first-order valence-corrected chi connectivity index (χ1v) is 6.04. The molecule has 0 fully saturated rings. The van der Waals surface area contributed by atoms with Crippen LogP contribution in [0.2, 0.25) is 0 Å². The van der Waals surface area contributed by atoms with Gasteiger partial charge in [-0.1, -0.05) is 27.7 Å². The molecule has 1 N–H and O–H groups in total. The Morgan fingerprint density at radius 2 is 1.69 bits per heavy atom. The second kappa shape index (κ2) is 5.71. The van der Waals surface area contributed by atoms with Crippen LogP contribution in [-0.2, 0) is 9.59 Å². The Morgan fingerprint density at radius 3 is 1.88 bits per heavy atom. The van der Waals surface area contributed by atoms with Gasteiger partial charge in [0.15, 0.2) is 0 Å². The molecule has 0 aliphatic heterocycles. The smallest absolute Gasteiger partial charge is 0.308 e. The highest BCUT2D eigenvalue weighted by Crippen LogP contribution is 2.38. The number of aliphatic carboxylic acids is 1. The van der Waals surface area contributed by atoms with Crippen LogP contribution in [0.25, 0.3) is 0 Å². The summed E-state index contributed by atoms with van der Waals surface area (Å²) in [6.45, 7) is 8.99. The summed E-state index contributed by atoms with van der Waals surface area (Å²) >= 11 is 4.39. The average molecular weight is 246 g/mol. The third-order valence-electron chi connectivity index (χ3n) is 2.98. The van der Waals surface area contributed by atoms with Crippen LogP contribution in [0.4, 0.5) is 0 Å². The summed E-state index contributed by atoms with van der Waals surface area (Å²) in [6, 6.07) is 0. The van der Waals surface area contributed by atoms with E-state index in [0.29, 0.717) is 6.42 Å². The molecule has 2 atom stereocenters. The van der Waals surface area contributed by atoms with E-state index in [-0.39, 0.29) is 17.6 Å². The number of carbonyl (C=O) groups is 2. The quantitative estimate of drug-likeness (QED) is 0.708. The SMILES string of the molecule is CC(=O)[C@](S)(C(C)C)C(CC(C)C)C(=O)O. The van der Waals surface area contributed by atoms with Crippen molar-refractivity contribution in [2.45, 2.75) is 45.8 Å². The molecule has 0 saturated carbocycles. The second-order valence-electron chi connectivity index (χ2n) is 5.06. The minimum absolute atomic E-state index is 0.104. The number of hydrogen-bond donors (Lipinski definition) is 2. The van der Waals surface area contributed by atoms with E-state index < -0.39 is 16.6 Å². The van der Waals surface area contributed by atoms with Gasteiger partial charge in [0.05, 0.1) is 10.7 Å². The van der Waals surface area contributed by atoms with Gasteiger partial charge in [-0.3, -0.25) is 9.59 Å². The molecule has 3 nitrogen and oxygen atoms in total. The van der Waals surface area contributed by atoms with Gasteiger partial charge in [-0.2, -0.15) is 12.6 Å². The van der Waals surface area contributed by atoms with Gasteiger partial charge in [0.25, 0.3) is 0 Å². The van der Waals surface area contributed by atoms with Gasteiger partial charge in [0.1, 0.15) is 5.78 Å². The minimum Gasteiger partial charge on any atom is -0.481 e. The summed E-state index contributed by atoms with van der Waals surface area (Å²) in [6.07, 6.45) is 0.469. The molecule has 0 aromatic heterocycles. The van der Waals surface area contributed by atoms with E-state index in [9.17, 15) is 14.7 Å². The molecule has 0 aromatic rings. The van der Waals surface area contributed by atoms with Gasteiger partial charge in [0, 0.05) is 0 Å². The number of ketones is 1. The van der Waals surface area contributed by atoms with Crippen molar-refractivity contribution in [3.63, 3.8) is 0 Å². The molecule has 0 aromatic carbocycles. The first kappa shape index (κ1) is 15.5. The van der Waals surface area contributed by atoms with E-state index in [2.05, 4.69) is 12.6 Å². The van der Waals surface area contributed by atoms with Crippen molar-refractivity contribution in [2.75, 3.05) is 0 Å². The highest BCUT2D eigenvalue weighted by atomic mass is 32.1. The van der Waals surface area contributed by atoms with Gasteiger partial charge >= 0.3 is 5.97 Å². The number of rotatable bonds is 6. The fraction of sp³-hybridized carbons (Fsp3) is 0.833. The van der Waals surface area contributed by atoms with Gasteiger partial charge in [0.2, 0.25) is 0 Å². The molecular formula is C12H22O3S. The van der Waals surface area contributed by atoms with E-state index >= 15 is 0 Å². The number of thiol groups is 1. The summed E-state index contributed by atoms with van der Waals surface area (Å²) in [7, 11) is 0. The Balaban J connectivity index is 5.27. The molecular weight excluding hydrogens is 224 g/mol. The molecule has 0 heterocycles.